The molecule has 2 aromatic carbocycles. The third-order valence-corrected chi connectivity index (χ3v) is 8.54. The Bertz CT molecular complexity index is 1520. The molecule has 0 amide bonds. The van der Waals surface area contributed by atoms with E-state index in [-0.39, 0.29) is 17.8 Å². The number of hydrazine groups is 1. The molecular formula is C28H30ClFN8OS. The SMILES string of the molecule is C[C@@H]1CC(c2ncc(-c3ccc4c(c3F)SCCN4)[nH]2)N(C)/C1=C\C(=C/C=O)c1cc(Cl)ccc1N(N)/C=N\N. The monoisotopic (exact) mass is 580 g/mol. The molecule has 0 spiro atoms. The predicted molar refractivity (Wildman–Crippen MR) is 160 cm³/mol. The molecule has 40 heavy (non-hydrogen) atoms. The van der Waals surface area contributed by atoms with Gasteiger partial charge >= 0.3 is 0 Å². The van der Waals surface area contributed by atoms with E-state index in [0.29, 0.717) is 38.0 Å². The molecule has 2 atom stereocenters. The van der Waals surface area contributed by atoms with Gasteiger partial charge in [0.15, 0.2) is 0 Å². The van der Waals surface area contributed by atoms with Crippen LogP contribution in [0, 0.1) is 11.7 Å². The number of anilines is 2. The van der Waals surface area contributed by atoms with Gasteiger partial charge in [-0.25, -0.2) is 15.2 Å². The van der Waals surface area contributed by atoms with Gasteiger partial charge in [0.1, 0.15) is 24.3 Å². The van der Waals surface area contributed by atoms with Crippen LogP contribution < -0.4 is 22.0 Å². The lowest BCUT2D eigenvalue weighted by Crippen LogP contribution is -2.30. The molecular weight excluding hydrogens is 551 g/mol. The van der Waals surface area contributed by atoms with Crippen molar-refractivity contribution in [3.05, 3.63) is 76.6 Å². The van der Waals surface area contributed by atoms with Gasteiger partial charge in [-0.3, -0.25) is 9.80 Å². The van der Waals surface area contributed by atoms with Gasteiger partial charge in [-0.15, -0.1) is 11.8 Å². The number of aldehydes is 1. The quantitative estimate of drug-likeness (QED) is 0.0754. The summed E-state index contributed by atoms with van der Waals surface area (Å²) in [6.07, 6.45) is 7.89. The summed E-state index contributed by atoms with van der Waals surface area (Å²) < 4.78 is 15.4. The van der Waals surface area contributed by atoms with Crippen molar-refractivity contribution in [3.8, 4) is 11.3 Å². The summed E-state index contributed by atoms with van der Waals surface area (Å²) in [5, 5.41) is 8.50. The van der Waals surface area contributed by atoms with E-state index in [1.807, 2.05) is 19.2 Å². The van der Waals surface area contributed by atoms with Crippen LogP contribution in [-0.4, -0.2) is 46.8 Å². The Balaban J connectivity index is 1.46. The van der Waals surface area contributed by atoms with Gasteiger partial charge in [-0.05, 0) is 60.4 Å². The lowest BCUT2D eigenvalue weighted by molar-refractivity contribution is -0.104. The number of carbonyl (C=O) groups excluding carboxylic acids is 1. The van der Waals surface area contributed by atoms with Crippen molar-refractivity contribution >= 4 is 52.9 Å². The van der Waals surface area contributed by atoms with Crippen molar-refractivity contribution < 1.29 is 9.18 Å². The van der Waals surface area contributed by atoms with Crippen molar-refractivity contribution in [1.29, 1.82) is 0 Å². The fourth-order valence-electron chi connectivity index (χ4n) is 5.25. The number of thioether (sulfide) groups is 1. The second-order valence-electron chi connectivity index (χ2n) is 9.69. The molecule has 9 nitrogen and oxygen atoms in total. The zero-order chi connectivity index (χ0) is 28.4. The highest BCUT2D eigenvalue weighted by Crippen LogP contribution is 2.43. The highest BCUT2D eigenvalue weighted by molar-refractivity contribution is 7.99. The number of rotatable bonds is 7. The van der Waals surface area contributed by atoms with Crippen LogP contribution in [0.25, 0.3) is 16.8 Å². The molecule has 0 saturated carbocycles. The topological polar surface area (TPSA) is 129 Å². The van der Waals surface area contributed by atoms with Crippen LogP contribution in [0.2, 0.25) is 5.02 Å². The van der Waals surface area contributed by atoms with Crippen molar-refractivity contribution in [2.45, 2.75) is 24.3 Å². The smallest absolute Gasteiger partial charge is 0.148 e. The number of halogens is 2. The number of nitrogens with one attached hydrogen (secondary N) is 2. The zero-order valence-corrected chi connectivity index (χ0v) is 23.6. The van der Waals surface area contributed by atoms with Crippen LogP contribution in [0.5, 0.6) is 0 Å². The van der Waals surface area contributed by atoms with Crippen molar-refractivity contribution in [1.82, 2.24) is 14.9 Å². The molecule has 208 valence electrons. The number of aromatic nitrogens is 2. The molecule has 1 saturated heterocycles. The first kappa shape index (κ1) is 27.8. The van der Waals surface area contributed by atoms with Crippen LogP contribution >= 0.6 is 23.4 Å². The van der Waals surface area contributed by atoms with Gasteiger partial charge in [0.2, 0.25) is 0 Å². The van der Waals surface area contributed by atoms with E-state index in [9.17, 15) is 4.79 Å². The van der Waals surface area contributed by atoms with E-state index >= 15 is 4.39 Å². The highest BCUT2D eigenvalue weighted by Gasteiger charge is 2.34. The average molecular weight is 581 g/mol. The van der Waals surface area contributed by atoms with Crippen LogP contribution in [-0.2, 0) is 4.79 Å². The third-order valence-electron chi connectivity index (χ3n) is 7.21. The Labute approximate surface area is 241 Å². The molecule has 3 aromatic rings. The number of carbonyl (C=O) groups is 1. The molecule has 1 unspecified atom stereocenters. The maximum absolute atomic E-state index is 15.4. The van der Waals surface area contributed by atoms with E-state index < -0.39 is 0 Å². The number of hydrazone groups is 1. The molecule has 0 radical (unpaired) electrons. The van der Waals surface area contributed by atoms with E-state index in [4.69, 9.17) is 23.3 Å². The molecule has 0 aliphatic carbocycles. The number of allylic oxidation sites excluding steroid dienone is 4. The van der Waals surface area contributed by atoms with Gasteiger partial charge in [-0.2, -0.15) is 5.10 Å². The van der Waals surface area contributed by atoms with Crippen LogP contribution in [0.15, 0.2) is 64.4 Å². The zero-order valence-electron chi connectivity index (χ0n) is 22.1. The average Bonchev–Trinajstić information content (AvgIpc) is 3.53. The van der Waals surface area contributed by atoms with Crippen molar-refractivity contribution in [3.63, 3.8) is 0 Å². The number of benzene rings is 2. The maximum Gasteiger partial charge on any atom is 0.148 e. The first-order valence-electron chi connectivity index (χ1n) is 12.7. The molecule has 1 fully saturated rings. The summed E-state index contributed by atoms with van der Waals surface area (Å²) in [6.45, 7) is 2.94. The Hall–Kier alpha value is -3.80. The molecule has 1 aromatic heterocycles. The molecule has 0 bridgehead atoms. The number of imidazole rings is 1. The number of nitrogens with two attached hydrogens (primary N) is 2. The van der Waals surface area contributed by atoms with Gasteiger partial charge in [0.05, 0.1) is 34.2 Å². The van der Waals surface area contributed by atoms with Crippen LogP contribution in [0.3, 0.4) is 0 Å². The molecule has 3 heterocycles. The molecule has 2 aliphatic heterocycles. The predicted octanol–water partition coefficient (Wildman–Crippen LogP) is 5.15. The Morgan fingerprint density at radius 2 is 2.17 bits per heavy atom. The Morgan fingerprint density at radius 1 is 1.35 bits per heavy atom. The number of likely N-dealkylation sites (tertiary alicyclic amines) is 1. The number of nitrogens with zero attached hydrogens (tertiary/aromatic N) is 4. The summed E-state index contributed by atoms with van der Waals surface area (Å²) in [4.78, 5) is 22.4. The highest BCUT2D eigenvalue weighted by atomic mass is 35.5. The van der Waals surface area contributed by atoms with E-state index in [0.717, 1.165) is 42.2 Å². The Kier molecular flexibility index (Phi) is 8.15. The summed E-state index contributed by atoms with van der Waals surface area (Å²) in [5.74, 6) is 12.9. The van der Waals surface area contributed by atoms with Crippen molar-refractivity contribution in [2.75, 3.05) is 29.7 Å². The number of aromatic amines is 1. The molecule has 2 aliphatic rings. The summed E-state index contributed by atoms with van der Waals surface area (Å²) >= 11 is 7.84. The number of hydrogen-bond acceptors (Lipinski definition) is 8. The first-order chi connectivity index (χ1) is 19.3. The second-order valence-corrected chi connectivity index (χ2v) is 11.2. The van der Waals surface area contributed by atoms with E-state index in [2.05, 4.69) is 32.2 Å². The minimum atomic E-state index is -0.242. The standard InChI is InChI=1S/C28H30ClFN8OS/c1-16-11-25(28-34-14-22(36-28)19-4-5-21-27(26(19)30)40-10-8-33-21)37(2)24(16)12-17(7-9-39)20-13-18(29)3-6-23(20)38(32)15-35-31/h3-7,9,12-16,25,33H,8,10-11,31-32H2,1-2H3,(H,34,36)/b17-7+,24-12-,35-15-/t16-,25?/m1/s1. The van der Waals surface area contributed by atoms with Crippen LogP contribution in [0.1, 0.15) is 30.8 Å². The maximum atomic E-state index is 15.4. The fourth-order valence-corrected chi connectivity index (χ4v) is 6.37. The first-order valence-corrected chi connectivity index (χ1v) is 14.1. The second kappa shape index (κ2) is 11.7. The minimum absolute atomic E-state index is 0.0709. The molecule has 5 rings (SSSR count). The molecule has 6 N–H and O–H groups in total. The third kappa shape index (κ3) is 5.32. The number of fused-ring (bicyclic) bond motifs is 1. The van der Waals surface area contributed by atoms with Gasteiger partial charge < -0.3 is 21.0 Å². The van der Waals surface area contributed by atoms with E-state index in [1.165, 1.54) is 29.2 Å². The van der Waals surface area contributed by atoms with Gasteiger partial charge in [0.25, 0.3) is 0 Å². The number of hydrogen-bond donors (Lipinski definition) is 4. The van der Waals surface area contributed by atoms with Gasteiger partial charge in [0, 0.05) is 41.2 Å². The van der Waals surface area contributed by atoms with Crippen LogP contribution in [0.4, 0.5) is 15.8 Å². The van der Waals surface area contributed by atoms with Gasteiger partial charge in [-0.1, -0.05) is 18.5 Å². The largest absolute Gasteiger partial charge is 0.383 e. The summed E-state index contributed by atoms with van der Waals surface area (Å²) in [7, 11) is 1.98. The molecule has 12 heteroatoms. The lowest BCUT2D eigenvalue weighted by atomic mass is 9.98. The minimum Gasteiger partial charge on any atom is -0.383 e. The lowest BCUT2D eigenvalue weighted by Gasteiger charge is -2.23. The number of H-pyrrole nitrogens is 1. The summed E-state index contributed by atoms with van der Waals surface area (Å²) in [6, 6.07) is 8.80. The fraction of sp³-hybridized carbons (Fsp3) is 0.250. The van der Waals surface area contributed by atoms with E-state index in [1.54, 1.807) is 30.5 Å². The Morgan fingerprint density at radius 3 is 2.95 bits per heavy atom. The summed E-state index contributed by atoms with van der Waals surface area (Å²) in [5.41, 5.74) is 4.81. The normalized spacial score (nSPS) is 20.2. The van der Waals surface area contributed by atoms with Crippen molar-refractivity contribution in [2.24, 2.45) is 22.7 Å².